The number of amides is 2. The van der Waals surface area contributed by atoms with E-state index in [2.05, 4.69) is 42.5 Å². The van der Waals surface area contributed by atoms with Crippen LogP contribution in [-0.2, 0) is 9.53 Å². The molecule has 2 amide bonds. The minimum absolute atomic E-state index is 0.260. The molecule has 0 aromatic heterocycles. The van der Waals surface area contributed by atoms with E-state index in [1.165, 1.54) is 0 Å². The lowest BCUT2D eigenvalue weighted by Gasteiger charge is -2.29. The molecule has 1 atom stereocenters. The normalized spacial score (nSPS) is 17.2. The van der Waals surface area contributed by atoms with Crippen molar-refractivity contribution in [3.8, 4) is 5.75 Å². The Morgan fingerprint density at radius 2 is 1.88 bits per heavy atom. The lowest BCUT2D eigenvalue weighted by molar-refractivity contribution is -0.139. The number of allylic oxidation sites excluding steroid dienone is 1. The maximum absolute atomic E-state index is 12.4. The van der Waals surface area contributed by atoms with Crippen molar-refractivity contribution in [3.63, 3.8) is 0 Å². The van der Waals surface area contributed by atoms with Gasteiger partial charge in [0.05, 0.1) is 34.3 Å². The zero-order valence-electron chi connectivity index (χ0n) is 13.5. The lowest BCUT2D eigenvalue weighted by atomic mass is 9.94. The smallest absolute Gasteiger partial charge is 0.338 e. The Balaban J connectivity index is 2.56. The molecule has 2 rings (SSSR count). The number of carbonyl (C=O) groups excluding carboxylic acids is 2. The van der Waals surface area contributed by atoms with Crippen LogP contribution in [0.1, 0.15) is 31.9 Å². The van der Waals surface area contributed by atoms with E-state index in [1.54, 1.807) is 14.0 Å². The summed E-state index contributed by atoms with van der Waals surface area (Å²) in [4.78, 5) is 24.4. The molecule has 24 heavy (non-hydrogen) atoms. The molecule has 1 aliphatic heterocycles. The third-order valence-corrected chi connectivity index (χ3v) is 4.74. The second-order valence-corrected chi connectivity index (χ2v) is 6.72. The maximum Gasteiger partial charge on any atom is 0.338 e. The minimum Gasteiger partial charge on any atom is -0.494 e. The van der Waals surface area contributed by atoms with E-state index in [-0.39, 0.29) is 12.6 Å². The molecule has 0 aliphatic carbocycles. The average molecular weight is 462 g/mol. The van der Waals surface area contributed by atoms with Crippen molar-refractivity contribution in [2.24, 2.45) is 0 Å². The van der Waals surface area contributed by atoms with Crippen LogP contribution in [0.5, 0.6) is 5.75 Å². The van der Waals surface area contributed by atoms with Crippen molar-refractivity contribution in [1.82, 2.24) is 10.6 Å². The molecular formula is C16H18Br2N2O4. The largest absolute Gasteiger partial charge is 0.494 e. The van der Waals surface area contributed by atoms with Gasteiger partial charge in [-0.1, -0.05) is 6.92 Å². The third kappa shape index (κ3) is 3.75. The van der Waals surface area contributed by atoms with Crippen LogP contribution >= 0.6 is 31.9 Å². The van der Waals surface area contributed by atoms with E-state index in [9.17, 15) is 9.59 Å². The van der Waals surface area contributed by atoms with Crippen molar-refractivity contribution in [2.75, 3.05) is 13.7 Å². The number of ether oxygens (including phenoxy) is 2. The molecule has 0 spiro atoms. The summed E-state index contributed by atoms with van der Waals surface area (Å²) in [6.45, 7) is 3.88. The number of rotatable bonds is 5. The Labute approximate surface area is 157 Å². The standard InChI is InChI=1S/C16H18Br2N2O4/c1-4-11-12(15(21)24-5-2)13(20-16(22)19-11)8-6-9(17)14(23-3)10(18)7-8/h6-7,13H,4-5H2,1-3H3,(H2,19,20,22). The van der Waals surface area contributed by atoms with Gasteiger partial charge in [0.25, 0.3) is 0 Å². The van der Waals surface area contributed by atoms with Crippen LogP contribution in [0.4, 0.5) is 4.79 Å². The average Bonchev–Trinajstić information content (AvgIpc) is 2.53. The number of methoxy groups -OCH3 is 1. The van der Waals surface area contributed by atoms with E-state index < -0.39 is 12.0 Å². The van der Waals surface area contributed by atoms with Crippen molar-refractivity contribution in [2.45, 2.75) is 26.3 Å². The van der Waals surface area contributed by atoms with Crippen molar-refractivity contribution in [3.05, 3.63) is 37.9 Å². The molecule has 130 valence electrons. The fourth-order valence-corrected chi connectivity index (χ4v) is 4.08. The molecule has 1 heterocycles. The first-order valence-corrected chi connectivity index (χ1v) is 9.02. The predicted octanol–water partition coefficient (Wildman–Crippen LogP) is 3.80. The number of carbonyl (C=O) groups is 2. The van der Waals surface area contributed by atoms with Crippen LogP contribution in [-0.4, -0.2) is 25.7 Å². The van der Waals surface area contributed by atoms with E-state index in [4.69, 9.17) is 9.47 Å². The zero-order chi connectivity index (χ0) is 17.9. The Morgan fingerprint density at radius 1 is 1.25 bits per heavy atom. The zero-order valence-corrected chi connectivity index (χ0v) is 16.7. The topological polar surface area (TPSA) is 76.7 Å². The number of esters is 1. The molecule has 0 radical (unpaired) electrons. The fraction of sp³-hybridized carbons (Fsp3) is 0.375. The highest BCUT2D eigenvalue weighted by molar-refractivity contribution is 9.11. The Hall–Kier alpha value is -1.54. The second-order valence-electron chi connectivity index (χ2n) is 5.02. The number of nitrogens with one attached hydrogen (secondary N) is 2. The first kappa shape index (κ1) is 18.8. The van der Waals surface area contributed by atoms with Crippen molar-refractivity contribution < 1.29 is 19.1 Å². The monoisotopic (exact) mass is 460 g/mol. The van der Waals surface area contributed by atoms with Crippen LogP contribution in [0.3, 0.4) is 0 Å². The van der Waals surface area contributed by atoms with E-state index in [0.717, 1.165) is 5.56 Å². The molecule has 0 saturated carbocycles. The Kier molecular flexibility index (Phi) is 6.28. The Bertz CT molecular complexity index is 680. The molecule has 0 saturated heterocycles. The summed E-state index contributed by atoms with van der Waals surface area (Å²) in [5.74, 6) is 0.186. The molecule has 6 nitrogen and oxygen atoms in total. The summed E-state index contributed by atoms with van der Waals surface area (Å²) >= 11 is 6.89. The molecular weight excluding hydrogens is 444 g/mol. The van der Waals surface area contributed by atoms with Gasteiger partial charge in [0, 0.05) is 5.70 Å². The van der Waals surface area contributed by atoms with Gasteiger partial charge in [-0.25, -0.2) is 9.59 Å². The first-order chi connectivity index (χ1) is 11.4. The first-order valence-electron chi connectivity index (χ1n) is 7.43. The van der Waals surface area contributed by atoms with Gasteiger partial charge in [-0.3, -0.25) is 0 Å². The van der Waals surface area contributed by atoms with Gasteiger partial charge in [0.15, 0.2) is 0 Å². The van der Waals surface area contributed by atoms with Crippen LogP contribution in [0.15, 0.2) is 32.3 Å². The van der Waals surface area contributed by atoms with Gasteiger partial charge < -0.3 is 20.1 Å². The van der Waals surface area contributed by atoms with Gasteiger partial charge in [-0.2, -0.15) is 0 Å². The maximum atomic E-state index is 12.4. The predicted molar refractivity (Wildman–Crippen MR) is 96.8 cm³/mol. The molecule has 8 heteroatoms. The lowest BCUT2D eigenvalue weighted by Crippen LogP contribution is -2.45. The highest BCUT2D eigenvalue weighted by Gasteiger charge is 2.33. The molecule has 1 aromatic rings. The van der Waals surface area contributed by atoms with Gasteiger partial charge in [0.1, 0.15) is 5.75 Å². The van der Waals surface area contributed by atoms with Gasteiger partial charge >= 0.3 is 12.0 Å². The summed E-state index contributed by atoms with van der Waals surface area (Å²) in [5, 5.41) is 5.47. The molecule has 1 unspecified atom stereocenters. The van der Waals surface area contributed by atoms with Crippen LogP contribution in [0.2, 0.25) is 0 Å². The molecule has 0 fully saturated rings. The molecule has 2 N–H and O–H groups in total. The molecule has 1 aliphatic rings. The van der Waals surface area contributed by atoms with Crippen LogP contribution in [0.25, 0.3) is 0 Å². The van der Waals surface area contributed by atoms with Gasteiger partial charge in [0.2, 0.25) is 0 Å². The highest BCUT2D eigenvalue weighted by Crippen LogP contribution is 2.38. The number of urea groups is 1. The van der Waals surface area contributed by atoms with Crippen LogP contribution < -0.4 is 15.4 Å². The summed E-state index contributed by atoms with van der Waals surface area (Å²) in [6, 6.07) is 2.66. The SMILES string of the molecule is CCOC(=O)C1=C(CC)NC(=O)NC1c1cc(Br)c(OC)c(Br)c1. The quantitative estimate of drug-likeness (QED) is 0.654. The van der Waals surface area contributed by atoms with E-state index in [0.29, 0.717) is 32.4 Å². The van der Waals surface area contributed by atoms with Crippen molar-refractivity contribution in [1.29, 1.82) is 0 Å². The fourth-order valence-electron chi connectivity index (χ4n) is 2.54. The minimum atomic E-state index is -0.605. The second kappa shape index (κ2) is 8.02. The molecule has 0 bridgehead atoms. The third-order valence-electron chi connectivity index (χ3n) is 3.56. The summed E-state index contributed by atoms with van der Waals surface area (Å²) in [7, 11) is 1.57. The summed E-state index contributed by atoms with van der Waals surface area (Å²) in [6.07, 6.45) is 0.510. The van der Waals surface area contributed by atoms with Gasteiger partial charge in [-0.05, 0) is 62.9 Å². The molecule has 1 aromatic carbocycles. The van der Waals surface area contributed by atoms with Crippen LogP contribution in [0, 0.1) is 0 Å². The Morgan fingerprint density at radius 3 is 2.38 bits per heavy atom. The summed E-state index contributed by atoms with van der Waals surface area (Å²) < 4.78 is 11.9. The highest BCUT2D eigenvalue weighted by atomic mass is 79.9. The number of hydrogen-bond donors (Lipinski definition) is 2. The summed E-state index contributed by atoms with van der Waals surface area (Å²) in [5.41, 5.74) is 1.70. The van der Waals surface area contributed by atoms with Gasteiger partial charge in [-0.15, -0.1) is 0 Å². The van der Waals surface area contributed by atoms with E-state index in [1.807, 2.05) is 19.1 Å². The number of hydrogen-bond acceptors (Lipinski definition) is 4. The number of benzene rings is 1. The number of halogens is 2. The van der Waals surface area contributed by atoms with Crippen molar-refractivity contribution >= 4 is 43.9 Å². The van der Waals surface area contributed by atoms with E-state index >= 15 is 0 Å².